The molecular formula is C11H17N3O. The number of pyridine rings is 1. The van der Waals surface area contributed by atoms with E-state index in [0.717, 1.165) is 6.54 Å². The minimum atomic E-state index is -0.0119. The van der Waals surface area contributed by atoms with Crippen molar-refractivity contribution in [2.24, 2.45) is 0 Å². The van der Waals surface area contributed by atoms with Crippen LogP contribution in [0, 0.1) is 0 Å². The third-order valence-corrected chi connectivity index (χ3v) is 1.98. The highest BCUT2D eigenvalue weighted by Crippen LogP contribution is 2.01. The Labute approximate surface area is 90.1 Å². The molecule has 1 unspecified atom stereocenters. The van der Waals surface area contributed by atoms with Crippen molar-refractivity contribution in [1.29, 1.82) is 0 Å². The minimum absolute atomic E-state index is 0.0119. The van der Waals surface area contributed by atoms with Crippen LogP contribution in [0.1, 0.15) is 20.3 Å². The predicted molar refractivity (Wildman–Crippen MR) is 60.6 cm³/mol. The monoisotopic (exact) mass is 207 g/mol. The molecule has 2 N–H and O–H groups in total. The van der Waals surface area contributed by atoms with Crippen molar-refractivity contribution in [3.63, 3.8) is 0 Å². The van der Waals surface area contributed by atoms with Gasteiger partial charge in [-0.1, -0.05) is 13.0 Å². The Bertz CT molecular complexity index is 300. The van der Waals surface area contributed by atoms with Gasteiger partial charge in [0.15, 0.2) is 0 Å². The van der Waals surface area contributed by atoms with Gasteiger partial charge in [-0.3, -0.25) is 4.79 Å². The Morgan fingerprint density at radius 2 is 2.33 bits per heavy atom. The summed E-state index contributed by atoms with van der Waals surface area (Å²) in [5.41, 5.74) is 0. The Morgan fingerprint density at radius 1 is 1.53 bits per heavy atom. The number of anilines is 1. The normalized spacial score (nSPS) is 12.1. The van der Waals surface area contributed by atoms with E-state index in [0.29, 0.717) is 12.2 Å². The van der Waals surface area contributed by atoms with Crippen LogP contribution < -0.4 is 10.6 Å². The van der Waals surface area contributed by atoms with Gasteiger partial charge in [0.25, 0.3) is 0 Å². The molecule has 4 nitrogen and oxygen atoms in total. The Balaban J connectivity index is 2.36. The van der Waals surface area contributed by atoms with Crippen LogP contribution >= 0.6 is 0 Å². The van der Waals surface area contributed by atoms with Gasteiger partial charge >= 0.3 is 0 Å². The summed E-state index contributed by atoms with van der Waals surface area (Å²) in [6.45, 7) is 4.88. The summed E-state index contributed by atoms with van der Waals surface area (Å²) in [6, 6.07) is 5.63. The lowest BCUT2D eigenvalue weighted by Crippen LogP contribution is -2.30. The number of rotatable bonds is 5. The maximum Gasteiger partial charge on any atom is 0.227 e. The molecule has 1 aromatic rings. The maximum atomic E-state index is 11.5. The van der Waals surface area contributed by atoms with Crippen molar-refractivity contribution in [1.82, 2.24) is 10.3 Å². The summed E-state index contributed by atoms with van der Waals surface area (Å²) < 4.78 is 0. The second kappa shape index (κ2) is 6.14. The lowest BCUT2D eigenvalue weighted by molar-refractivity contribution is -0.116. The molecule has 1 amide bonds. The van der Waals surface area contributed by atoms with Crippen LogP contribution in [0.25, 0.3) is 0 Å². The summed E-state index contributed by atoms with van der Waals surface area (Å²) in [6.07, 6.45) is 2.12. The molecule has 0 radical (unpaired) electrons. The van der Waals surface area contributed by atoms with Gasteiger partial charge in [0.05, 0.1) is 0 Å². The van der Waals surface area contributed by atoms with Gasteiger partial charge in [0, 0.05) is 18.7 Å². The Hall–Kier alpha value is -1.42. The first-order valence-corrected chi connectivity index (χ1v) is 5.16. The van der Waals surface area contributed by atoms with Crippen LogP contribution in [0.2, 0.25) is 0 Å². The van der Waals surface area contributed by atoms with E-state index < -0.39 is 0 Å². The van der Waals surface area contributed by atoms with Gasteiger partial charge in [-0.25, -0.2) is 4.98 Å². The van der Waals surface area contributed by atoms with Crippen molar-refractivity contribution in [2.45, 2.75) is 26.3 Å². The lowest BCUT2D eigenvalue weighted by Gasteiger charge is -2.11. The summed E-state index contributed by atoms with van der Waals surface area (Å²) in [7, 11) is 0. The third-order valence-electron chi connectivity index (χ3n) is 1.98. The van der Waals surface area contributed by atoms with E-state index in [4.69, 9.17) is 0 Å². The molecular weight excluding hydrogens is 190 g/mol. The van der Waals surface area contributed by atoms with Crippen molar-refractivity contribution in [2.75, 3.05) is 11.9 Å². The fraction of sp³-hybridized carbons (Fsp3) is 0.455. The van der Waals surface area contributed by atoms with E-state index in [2.05, 4.69) is 15.6 Å². The average molecular weight is 207 g/mol. The van der Waals surface area contributed by atoms with Crippen molar-refractivity contribution < 1.29 is 4.79 Å². The first-order valence-electron chi connectivity index (χ1n) is 5.16. The number of aromatic nitrogens is 1. The SMILES string of the molecule is CCNC(C)CC(=O)Nc1ccccn1. The van der Waals surface area contributed by atoms with Gasteiger partial charge in [-0.15, -0.1) is 0 Å². The molecule has 0 fully saturated rings. The van der Waals surface area contributed by atoms with E-state index in [1.807, 2.05) is 26.0 Å². The second-order valence-electron chi connectivity index (χ2n) is 3.43. The summed E-state index contributed by atoms with van der Waals surface area (Å²) >= 11 is 0. The van der Waals surface area contributed by atoms with Crippen LogP contribution in [0.15, 0.2) is 24.4 Å². The van der Waals surface area contributed by atoms with E-state index in [9.17, 15) is 4.79 Å². The first-order chi connectivity index (χ1) is 7.22. The van der Waals surface area contributed by atoms with Crippen LogP contribution in [0.5, 0.6) is 0 Å². The fourth-order valence-corrected chi connectivity index (χ4v) is 1.33. The molecule has 0 saturated carbocycles. The van der Waals surface area contributed by atoms with Crippen molar-refractivity contribution in [3.8, 4) is 0 Å². The highest BCUT2D eigenvalue weighted by molar-refractivity contribution is 5.90. The number of carbonyl (C=O) groups excluding carboxylic acids is 1. The van der Waals surface area contributed by atoms with E-state index in [-0.39, 0.29) is 11.9 Å². The quantitative estimate of drug-likeness (QED) is 0.767. The third kappa shape index (κ3) is 4.56. The molecule has 0 saturated heterocycles. The predicted octanol–water partition coefficient (Wildman–Crippen LogP) is 1.41. The smallest absolute Gasteiger partial charge is 0.227 e. The topological polar surface area (TPSA) is 54.0 Å². The first kappa shape index (κ1) is 11.7. The number of hydrogen-bond acceptors (Lipinski definition) is 3. The lowest BCUT2D eigenvalue weighted by atomic mass is 10.2. The molecule has 0 aliphatic carbocycles. The summed E-state index contributed by atoms with van der Waals surface area (Å²) in [5.74, 6) is 0.591. The zero-order chi connectivity index (χ0) is 11.1. The largest absolute Gasteiger partial charge is 0.314 e. The summed E-state index contributed by atoms with van der Waals surface area (Å²) in [5, 5.41) is 5.92. The second-order valence-corrected chi connectivity index (χ2v) is 3.43. The molecule has 0 aliphatic heterocycles. The highest BCUT2D eigenvalue weighted by Gasteiger charge is 2.07. The molecule has 1 atom stereocenters. The maximum absolute atomic E-state index is 11.5. The summed E-state index contributed by atoms with van der Waals surface area (Å²) in [4.78, 5) is 15.5. The van der Waals surface area contributed by atoms with Crippen LogP contribution in [-0.4, -0.2) is 23.5 Å². The molecule has 0 spiro atoms. The number of amides is 1. The molecule has 0 aromatic carbocycles. The van der Waals surface area contributed by atoms with Gasteiger partial charge < -0.3 is 10.6 Å². The molecule has 4 heteroatoms. The van der Waals surface area contributed by atoms with Crippen molar-refractivity contribution in [3.05, 3.63) is 24.4 Å². The molecule has 0 aliphatic rings. The number of nitrogens with zero attached hydrogens (tertiary/aromatic N) is 1. The van der Waals surface area contributed by atoms with Gasteiger partial charge in [0.2, 0.25) is 5.91 Å². The molecule has 82 valence electrons. The van der Waals surface area contributed by atoms with E-state index in [1.165, 1.54) is 0 Å². The van der Waals surface area contributed by atoms with Gasteiger partial charge in [-0.2, -0.15) is 0 Å². The molecule has 0 bridgehead atoms. The van der Waals surface area contributed by atoms with Crippen molar-refractivity contribution >= 4 is 11.7 Å². The fourth-order valence-electron chi connectivity index (χ4n) is 1.33. The molecule has 1 rings (SSSR count). The van der Waals surface area contributed by atoms with Gasteiger partial charge in [0.1, 0.15) is 5.82 Å². The van der Waals surface area contributed by atoms with Crippen LogP contribution in [0.4, 0.5) is 5.82 Å². The number of nitrogens with one attached hydrogen (secondary N) is 2. The van der Waals surface area contributed by atoms with Crippen LogP contribution in [0.3, 0.4) is 0 Å². The number of carbonyl (C=O) groups is 1. The van der Waals surface area contributed by atoms with E-state index >= 15 is 0 Å². The van der Waals surface area contributed by atoms with Crippen LogP contribution in [-0.2, 0) is 4.79 Å². The standard InChI is InChI=1S/C11H17N3O/c1-3-12-9(2)8-11(15)14-10-6-4-5-7-13-10/h4-7,9,12H,3,8H2,1-2H3,(H,13,14,15). The molecule has 1 aromatic heterocycles. The zero-order valence-electron chi connectivity index (χ0n) is 9.16. The Morgan fingerprint density at radius 3 is 2.93 bits per heavy atom. The molecule has 1 heterocycles. The van der Waals surface area contributed by atoms with E-state index in [1.54, 1.807) is 12.3 Å². The zero-order valence-corrected chi connectivity index (χ0v) is 9.16. The average Bonchev–Trinajstić information content (AvgIpc) is 2.19. The highest BCUT2D eigenvalue weighted by atomic mass is 16.1. The Kier molecular flexibility index (Phi) is 4.77. The van der Waals surface area contributed by atoms with Gasteiger partial charge in [-0.05, 0) is 25.6 Å². The number of hydrogen-bond donors (Lipinski definition) is 2. The molecule has 15 heavy (non-hydrogen) atoms. The minimum Gasteiger partial charge on any atom is -0.314 e.